The summed E-state index contributed by atoms with van der Waals surface area (Å²) in [6, 6.07) is 19.5. The minimum atomic E-state index is -0.319. The summed E-state index contributed by atoms with van der Waals surface area (Å²) in [5.74, 6) is 0.885. The Morgan fingerprint density at radius 2 is 1.68 bits per heavy atom. The summed E-state index contributed by atoms with van der Waals surface area (Å²) in [7, 11) is 0. The van der Waals surface area contributed by atoms with Gasteiger partial charge in [-0.25, -0.2) is 4.79 Å². The highest BCUT2D eigenvalue weighted by atomic mass is 16.6. The van der Waals surface area contributed by atoms with Gasteiger partial charge in [0.2, 0.25) is 0 Å². The van der Waals surface area contributed by atoms with E-state index in [1.54, 1.807) is 17.0 Å². The molecule has 1 atom stereocenters. The number of amides is 1. The van der Waals surface area contributed by atoms with Gasteiger partial charge in [0.1, 0.15) is 5.75 Å². The van der Waals surface area contributed by atoms with E-state index >= 15 is 0 Å². The molecule has 1 amide bonds. The molecule has 3 nitrogen and oxygen atoms in total. The molecule has 2 aromatic rings. The topological polar surface area (TPSA) is 29.5 Å². The van der Waals surface area contributed by atoms with Crippen LogP contribution < -0.4 is 4.74 Å². The van der Waals surface area contributed by atoms with Crippen molar-refractivity contribution in [1.82, 2.24) is 4.90 Å². The van der Waals surface area contributed by atoms with E-state index in [0.717, 1.165) is 12.1 Å². The van der Waals surface area contributed by atoms with E-state index in [0.29, 0.717) is 18.2 Å². The summed E-state index contributed by atoms with van der Waals surface area (Å²) in [5, 5.41) is 0. The Morgan fingerprint density at radius 3 is 2.36 bits per heavy atom. The second-order valence-corrected chi connectivity index (χ2v) is 5.48. The van der Waals surface area contributed by atoms with E-state index in [-0.39, 0.29) is 6.09 Å². The first-order valence-electron chi connectivity index (χ1n) is 7.50. The Balaban J connectivity index is 1.74. The van der Waals surface area contributed by atoms with Crippen molar-refractivity contribution in [1.29, 1.82) is 0 Å². The Hall–Kier alpha value is -2.55. The lowest BCUT2D eigenvalue weighted by atomic mass is 9.92. The van der Waals surface area contributed by atoms with E-state index in [9.17, 15) is 4.79 Å². The van der Waals surface area contributed by atoms with Crippen molar-refractivity contribution in [2.75, 3.05) is 6.54 Å². The summed E-state index contributed by atoms with van der Waals surface area (Å²) in [6.07, 6.45) is 2.74. The lowest BCUT2D eigenvalue weighted by Gasteiger charge is -2.31. The molecular formula is C19H19NO2. The second-order valence-electron chi connectivity index (χ2n) is 5.48. The van der Waals surface area contributed by atoms with Crippen LogP contribution in [0.5, 0.6) is 5.75 Å². The average Bonchev–Trinajstić information content (AvgIpc) is 2.57. The van der Waals surface area contributed by atoms with Crippen LogP contribution in [0.1, 0.15) is 24.8 Å². The molecule has 0 N–H and O–H groups in total. The number of benzene rings is 2. The van der Waals surface area contributed by atoms with Crippen molar-refractivity contribution in [3.05, 3.63) is 78.0 Å². The number of nitrogens with zero attached hydrogens (tertiary/aromatic N) is 1. The third kappa shape index (κ3) is 3.19. The Kier molecular flexibility index (Phi) is 4.24. The molecule has 3 heteroatoms. The lowest BCUT2D eigenvalue weighted by molar-refractivity contribution is 0.160. The van der Waals surface area contributed by atoms with Crippen LogP contribution in [0.4, 0.5) is 4.79 Å². The maximum atomic E-state index is 12.4. The maximum absolute atomic E-state index is 12.4. The van der Waals surface area contributed by atoms with E-state index in [1.807, 2.05) is 43.3 Å². The van der Waals surface area contributed by atoms with E-state index < -0.39 is 0 Å². The first-order chi connectivity index (χ1) is 10.7. The molecule has 0 saturated carbocycles. The minimum absolute atomic E-state index is 0.313. The third-order valence-electron chi connectivity index (χ3n) is 3.97. The highest BCUT2D eigenvalue weighted by Gasteiger charge is 2.26. The molecular weight excluding hydrogens is 274 g/mol. The molecule has 0 unspecified atom stereocenters. The molecule has 112 valence electrons. The first-order valence-corrected chi connectivity index (χ1v) is 7.50. The molecule has 0 saturated heterocycles. The van der Waals surface area contributed by atoms with Gasteiger partial charge in [0.05, 0.1) is 0 Å². The Labute approximate surface area is 130 Å². The predicted molar refractivity (Wildman–Crippen MR) is 86.7 cm³/mol. The van der Waals surface area contributed by atoms with Crippen LogP contribution in [-0.2, 0) is 0 Å². The van der Waals surface area contributed by atoms with Crippen LogP contribution in [0.3, 0.4) is 0 Å². The van der Waals surface area contributed by atoms with Crippen LogP contribution in [0.15, 0.2) is 72.4 Å². The number of para-hydroxylation sites is 1. The zero-order valence-electron chi connectivity index (χ0n) is 12.6. The van der Waals surface area contributed by atoms with Gasteiger partial charge in [0, 0.05) is 18.2 Å². The van der Waals surface area contributed by atoms with Gasteiger partial charge in [0.25, 0.3) is 0 Å². The Morgan fingerprint density at radius 1 is 1.05 bits per heavy atom. The number of hydrogen-bond donors (Lipinski definition) is 0. The van der Waals surface area contributed by atoms with Gasteiger partial charge in [-0.2, -0.15) is 0 Å². The van der Waals surface area contributed by atoms with Gasteiger partial charge in [0.15, 0.2) is 0 Å². The largest absolute Gasteiger partial charge is 0.419 e. The van der Waals surface area contributed by atoms with Crippen molar-refractivity contribution >= 4 is 6.09 Å². The fourth-order valence-corrected chi connectivity index (χ4v) is 2.69. The van der Waals surface area contributed by atoms with Crippen LogP contribution in [0, 0.1) is 0 Å². The summed E-state index contributed by atoms with van der Waals surface area (Å²) >= 11 is 0. The van der Waals surface area contributed by atoms with Crippen LogP contribution >= 0.6 is 0 Å². The molecule has 0 aliphatic carbocycles. The molecule has 1 heterocycles. The molecule has 0 fully saturated rings. The normalized spacial score (nSPS) is 17.8. The van der Waals surface area contributed by atoms with Gasteiger partial charge in [-0.1, -0.05) is 54.6 Å². The van der Waals surface area contributed by atoms with Crippen LogP contribution in [0.25, 0.3) is 0 Å². The molecule has 1 aliphatic heterocycles. The number of allylic oxidation sites excluding steroid dienone is 2. The fourth-order valence-electron chi connectivity index (χ4n) is 2.69. The van der Waals surface area contributed by atoms with Crippen LogP contribution in [0.2, 0.25) is 0 Å². The number of carbonyl (C=O) groups is 1. The van der Waals surface area contributed by atoms with Crippen molar-refractivity contribution in [2.45, 2.75) is 19.3 Å². The molecule has 1 aliphatic rings. The smallest absolute Gasteiger partial charge is 0.410 e. The third-order valence-corrected chi connectivity index (χ3v) is 3.97. The highest BCUT2D eigenvalue weighted by Crippen LogP contribution is 2.28. The summed E-state index contributed by atoms with van der Waals surface area (Å²) < 4.78 is 5.45. The summed E-state index contributed by atoms with van der Waals surface area (Å²) in [5.41, 5.74) is 2.21. The monoisotopic (exact) mass is 293 g/mol. The zero-order valence-corrected chi connectivity index (χ0v) is 12.6. The van der Waals surface area contributed by atoms with Crippen molar-refractivity contribution in [3.8, 4) is 5.75 Å². The minimum Gasteiger partial charge on any atom is -0.410 e. The zero-order chi connectivity index (χ0) is 15.4. The summed E-state index contributed by atoms with van der Waals surface area (Å²) in [4.78, 5) is 14.1. The molecule has 2 aromatic carbocycles. The molecule has 0 spiro atoms. The van der Waals surface area contributed by atoms with Gasteiger partial charge in [-0.3, -0.25) is 4.90 Å². The van der Waals surface area contributed by atoms with Crippen molar-refractivity contribution in [3.63, 3.8) is 0 Å². The molecule has 0 bridgehead atoms. The Bertz CT molecular complexity index is 664. The van der Waals surface area contributed by atoms with Gasteiger partial charge in [-0.05, 0) is 31.0 Å². The first kappa shape index (κ1) is 14.4. The number of carbonyl (C=O) groups excluding carboxylic acids is 1. The number of ether oxygens (including phenoxy) is 1. The van der Waals surface area contributed by atoms with Crippen molar-refractivity contribution < 1.29 is 9.53 Å². The molecule has 0 radical (unpaired) electrons. The van der Waals surface area contributed by atoms with Gasteiger partial charge >= 0.3 is 6.09 Å². The predicted octanol–water partition coefficient (Wildman–Crippen LogP) is 4.58. The molecule has 22 heavy (non-hydrogen) atoms. The maximum Gasteiger partial charge on any atom is 0.419 e. The van der Waals surface area contributed by atoms with Crippen molar-refractivity contribution in [2.24, 2.45) is 0 Å². The standard InChI is InChI=1S/C19H19NO2/c1-15-12-13-17(16-8-4-2-5-9-16)14-20(15)19(21)22-18-10-6-3-7-11-18/h2-12,17H,13-14H2,1H3/t17-/m1/s1. The van der Waals surface area contributed by atoms with E-state index in [1.165, 1.54) is 5.56 Å². The summed E-state index contributed by atoms with van der Waals surface area (Å²) in [6.45, 7) is 2.60. The number of rotatable bonds is 2. The second kappa shape index (κ2) is 6.48. The van der Waals surface area contributed by atoms with E-state index in [2.05, 4.69) is 18.2 Å². The SMILES string of the molecule is CC1=CC[C@@H](c2ccccc2)CN1C(=O)Oc1ccccc1. The highest BCUT2D eigenvalue weighted by molar-refractivity contribution is 5.73. The fraction of sp³-hybridized carbons (Fsp3) is 0.211. The number of hydrogen-bond acceptors (Lipinski definition) is 2. The lowest BCUT2D eigenvalue weighted by Crippen LogP contribution is -2.37. The average molecular weight is 293 g/mol. The van der Waals surface area contributed by atoms with Gasteiger partial charge < -0.3 is 4.74 Å². The van der Waals surface area contributed by atoms with Crippen LogP contribution in [-0.4, -0.2) is 17.5 Å². The molecule has 3 rings (SSSR count). The van der Waals surface area contributed by atoms with E-state index in [4.69, 9.17) is 4.74 Å². The van der Waals surface area contributed by atoms with Gasteiger partial charge in [-0.15, -0.1) is 0 Å². The molecule has 0 aromatic heterocycles. The quantitative estimate of drug-likeness (QED) is 0.811.